The van der Waals surface area contributed by atoms with E-state index in [4.69, 9.17) is 0 Å². The molecule has 0 heterocycles. The Morgan fingerprint density at radius 2 is 1.63 bits per heavy atom. The van der Waals surface area contributed by atoms with Crippen molar-refractivity contribution >= 4 is 15.9 Å². The van der Waals surface area contributed by atoms with Crippen molar-refractivity contribution < 1.29 is 5.11 Å². The Balaban J connectivity index is 2.20. The molecule has 0 saturated carbocycles. The van der Waals surface area contributed by atoms with E-state index in [9.17, 15) is 5.11 Å². The van der Waals surface area contributed by atoms with Crippen molar-refractivity contribution in [1.29, 1.82) is 0 Å². The number of halogens is 1. The quantitative estimate of drug-likeness (QED) is 0.873. The monoisotopic (exact) mass is 318 g/mol. The van der Waals surface area contributed by atoms with Crippen molar-refractivity contribution in [1.82, 2.24) is 0 Å². The number of aliphatic hydroxyl groups excluding tert-OH is 1. The molecule has 0 aliphatic rings. The summed E-state index contributed by atoms with van der Waals surface area (Å²) in [5.74, 6) is 0. The second-order valence-corrected chi connectivity index (χ2v) is 6.08. The maximum atomic E-state index is 10.4. The number of rotatable bonds is 3. The Morgan fingerprint density at radius 1 is 1.00 bits per heavy atom. The van der Waals surface area contributed by atoms with Gasteiger partial charge in [-0.25, -0.2) is 0 Å². The second kappa shape index (κ2) is 5.89. The summed E-state index contributed by atoms with van der Waals surface area (Å²) in [5, 5.41) is 10.4. The van der Waals surface area contributed by atoms with E-state index in [1.807, 2.05) is 25.1 Å². The van der Waals surface area contributed by atoms with E-state index in [0.29, 0.717) is 6.42 Å². The maximum Gasteiger partial charge on any atom is 0.0830 e. The summed E-state index contributed by atoms with van der Waals surface area (Å²) in [6.45, 7) is 6.22. The number of hydrogen-bond donors (Lipinski definition) is 1. The third-order valence-electron chi connectivity index (χ3n) is 3.28. The molecule has 0 radical (unpaired) electrons. The predicted octanol–water partition coefficient (Wildman–Crippen LogP) is 4.65. The van der Waals surface area contributed by atoms with E-state index in [1.54, 1.807) is 0 Å². The molecule has 0 bridgehead atoms. The summed E-state index contributed by atoms with van der Waals surface area (Å²) in [5.41, 5.74) is 5.80. The van der Waals surface area contributed by atoms with Crippen LogP contribution < -0.4 is 0 Å². The predicted molar refractivity (Wildman–Crippen MR) is 83.5 cm³/mol. The van der Waals surface area contributed by atoms with Gasteiger partial charge in [-0.1, -0.05) is 57.4 Å². The van der Waals surface area contributed by atoms with Gasteiger partial charge in [0.25, 0.3) is 0 Å². The summed E-state index contributed by atoms with van der Waals surface area (Å²) in [6, 6.07) is 12.4. The van der Waals surface area contributed by atoms with Gasteiger partial charge in [-0.2, -0.15) is 0 Å². The first kappa shape index (κ1) is 14.3. The lowest BCUT2D eigenvalue weighted by molar-refractivity contribution is 0.178. The van der Waals surface area contributed by atoms with Gasteiger partial charge in [0.05, 0.1) is 6.10 Å². The SMILES string of the molecule is Cc1cc(C)cc(CC(O)c2ccc(Br)c(C)c2)c1. The van der Waals surface area contributed by atoms with Crippen molar-refractivity contribution in [2.75, 3.05) is 0 Å². The molecular formula is C17H19BrO. The Hall–Kier alpha value is -1.12. The number of aryl methyl sites for hydroxylation is 3. The Bertz CT molecular complexity index is 570. The number of hydrogen-bond acceptors (Lipinski definition) is 1. The minimum Gasteiger partial charge on any atom is -0.388 e. The molecule has 1 nitrogen and oxygen atoms in total. The van der Waals surface area contributed by atoms with Crippen LogP contribution in [-0.4, -0.2) is 5.11 Å². The molecule has 1 N–H and O–H groups in total. The minimum absolute atomic E-state index is 0.451. The van der Waals surface area contributed by atoms with Crippen LogP contribution in [0.3, 0.4) is 0 Å². The van der Waals surface area contributed by atoms with Crippen molar-refractivity contribution in [2.45, 2.75) is 33.3 Å². The van der Waals surface area contributed by atoms with Crippen LogP contribution in [0.1, 0.15) is 33.9 Å². The molecule has 0 saturated heterocycles. The van der Waals surface area contributed by atoms with E-state index >= 15 is 0 Å². The summed E-state index contributed by atoms with van der Waals surface area (Å²) < 4.78 is 1.08. The number of benzene rings is 2. The largest absolute Gasteiger partial charge is 0.388 e. The van der Waals surface area contributed by atoms with Gasteiger partial charge in [-0.05, 0) is 43.5 Å². The molecule has 2 aromatic rings. The van der Waals surface area contributed by atoms with Crippen molar-refractivity contribution in [3.8, 4) is 0 Å². The zero-order chi connectivity index (χ0) is 14.0. The van der Waals surface area contributed by atoms with Crippen LogP contribution in [0, 0.1) is 20.8 Å². The molecular weight excluding hydrogens is 300 g/mol. The third-order valence-corrected chi connectivity index (χ3v) is 4.17. The van der Waals surface area contributed by atoms with Crippen LogP contribution in [0.2, 0.25) is 0 Å². The molecule has 0 fully saturated rings. The van der Waals surface area contributed by atoms with Gasteiger partial charge in [-0.15, -0.1) is 0 Å². The molecule has 2 aromatic carbocycles. The van der Waals surface area contributed by atoms with Gasteiger partial charge >= 0.3 is 0 Å². The van der Waals surface area contributed by atoms with Crippen molar-refractivity contribution in [3.05, 3.63) is 68.7 Å². The van der Waals surface area contributed by atoms with E-state index in [1.165, 1.54) is 16.7 Å². The van der Waals surface area contributed by atoms with Crippen molar-refractivity contribution in [3.63, 3.8) is 0 Å². The smallest absolute Gasteiger partial charge is 0.0830 e. The zero-order valence-corrected chi connectivity index (χ0v) is 13.2. The van der Waals surface area contributed by atoms with Crippen LogP contribution in [0.25, 0.3) is 0 Å². The Kier molecular flexibility index (Phi) is 4.43. The van der Waals surface area contributed by atoms with E-state index in [0.717, 1.165) is 15.6 Å². The summed E-state index contributed by atoms with van der Waals surface area (Å²) in [6.07, 6.45) is 0.205. The summed E-state index contributed by atoms with van der Waals surface area (Å²) in [4.78, 5) is 0. The normalized spacial score (nSPS) is 12.5. The highest BCUT2D eigenvalue weighted by atomic mass is 79.9. The lowest BCUT2D eigenvalue weighted by Gasteiger charge is -2.13. The highest BCUT2D eigenvalue weighted by molar-refractivity contribution is 9.10. The van der Waals surface area contributed by atoms with Crippen LogP contribution in [0.5, 0.6) is 0 Å². The average molecular weight is 319 g/mol. The Labute approximate surface area is 123 Å². The second-order valence-electron chi connectivity index (χ2n) is 5.22. The lowest BCUT2D eigenvalue weighted by Crippen LogP contribution is -2.03. The summed E-state index contributed by atoms with van der Waals surface area (Å²) >= 11 is 3.48. The van der Waals surface area contributed by atoms with Crippen molar-refractivity contribution in [2.24, 2.45) is 0 Å². The zero-order valence-electron chi connectivity index (χ0n) is 11.6. The summed E-state index contributed by atoms with van der Waals surface area (Å²) in [7, 11) is 0. The van der Waals surface area contributed by atoms with Gasteiger partial charge in [0.15, 0.2) is 0 Å². The molecule has 1 unspecified atom stereocenters. The highest BCUT2D eigenvalue weighted by Gasteiger charge is 2.10. The van der Waals surface area contributed by atoms with Gasteiger partial charge in [0.1, 0.15) is 0 Å². The first-order valence-electron chi connectivity index (χ1n) is 6.47. The molecule has 0 aliphatic carbocycles. The molecule has 0 spiro atoms. The topological polar surface area (TPSA) is 20.2 Å². The molecule has 100 valence electrons. The van der Waals surface area contributed by atoms with Gasteiger partial charge in [-0.3, -0.25) is 0 Å². The molecule has 0 aromatic heterocycles. The fraction of sp³-hybridized carbons (Fsp3) is 0.294. The molecule has 1 atom stereocenters. The first-order valence-corrected chi connectivity index (χ1v) is 7.26. The fourth-order valence-corrected chi connectivity index (χ4v) is 2.65. The van der Waals surface area contributed by atoms with Crippen LogP contribution in [-0.2, 0) is 6.42 Å². The Morgan fingerprint density at radius 3 is 2.21 bits per heavy atom. The molecule has 2 rings (SSSR count). The first-order chi connectivity index (χ1) is 8.95. The third kappa shape index (κ3) is 3.68. The van der Waals surface area contributed by atoms with E-state index in [2.05, 4.69) is 48.0 Å². The molecule has 2 heteroatoms. The van der Waals surface area contributed by atoms with Crippen LogP contribution >= 0.6 is 15.9 Å². The molecule has 0 aliphatic heterocycles. The van der Waals surface area contributed by atoms with Crippen LogP contribution in [0.15, 0.2) is 40.9 Å². The van der Waals surface area contributed by atoms with Gasteiger partial charge in [0, 0.05) is 10.9 Å². The average Bonchev–Trinajstić information content (AvgIpc) is 2.31. The van der Waals surface area contributed by atoms with Crippen LogP contribution in [0.4, 0.5) is 0 Å². The molecule has 19 heavy (non-hydrogen) atoms. The maximum absolute atomic E-state index is 10.4. The standard InChI is InChI=1S/C17H19BrO/c1-11-6-12(2)8-14(7-11)10-17(19)15-4-5-16(18)13(3)9-15/h4-9,17,19H,10H2,1-3H3. The fourth-order valence-electron chi connectivity index (χ4n) is 2.40. The van der Waals surface area contributed by atoms with Gasteiger partial charge < -0.3 is 5.11 Å². The lowest BCUT2D eigenvalue weighted by atomic mass is 9.98. The highest BCUT2D eigenvalue weighted by Crippen LogP contribution is 2.24. The van der Waals surface area contributed by atoms with E-state index in [-0.39, 0.29) is 0 Å². The molecule has 0 amide bonds. The van der Waals surface area contributed by atoms with E-state index < -0.39 is 6.10 Å². The van der Waals surface area contributed by atoms with Gasteiger partial charge in [0.2, 0.25) is 0 Å². The number of aliphatic hydroxyl groups is 1. The minimum atomic E-state index is -0.451.